The molecule has 94 valence electrons. The van der Waals surface area contributed by atoms with Crippen molar-refractivity contribution in [3.05, 3.63) is 0 Å². The molecule has 0 amide bonds. The summed E-state index contributed by atoms with van der Waals surface area (Å²) in [4.78, 5) is 0. The number of hydrogen-bond donors (Lipinski definition) is 1. The van der Waals surface area contributed by atoms with Crippen molar-refractivity contribution in [2.45, 2.75) is 63.8 Å². The summed E-state index contributed by atoms with van der Waals surface area (Å²) < 4.78 is 11.9. The molecule has 3 nitrogen and oxygen atoms in total. The lowest BCUT2D eigenvalue weighted by atomic mass is 9.83. The first-order chi connectivity index (χ1) is 7.70. The smallest absolute Gasteiger partial charge is 0.0940 e. The van der Waals surface area contributed by atoms with Crippen LogP contribution in [-0.4, -0.2) is 37.5 Å². The van der Waals surface area contributed by atoms with Crippen molar-refractivity contribution >= 4 is 0 Å². The maximum Gasteiger partial charge on any atom is 0.0940 e. The highest BCUT2D eigenvalue weighted by molar-refractivity contribution is 4.91. The Bertz CT molecular complexity index is 206. The zero-order valence-corrected chi connectivity index (χ0v) is 10.6. The molecule has 1 aliphatic carbocycles. The van der Waals surface area contributed by atoms with E-state index in [1.807, 2.05) is 0 Å². The average molecular weight is 227 g/mol. The predicted octanol–water partition coefficient (Wildman–Crippen LogP) is 2.10. The van der Waals surface area contributed by atoms with Crippen molar-refractivity contribution < 1.29 is 9.47 Å². The SMILES string of the molecule is CC(C)OCC1CNCC2(CCCCC2)O1. The second-order valence-electron chi connectivity index (χ2n) is 5.50. The standard InChI is InChI=1S/C13H25NO2/c1-11(2)15-9-12-8-14-10-13(16-12)6-4-3-5-7-13/h11-12,14H,3-10H2,1-2H3. The van der Waals surface area contributed by atoms with Crippen LogP contribution in [0.15, 0.2) is 0 Å². The van der Waals surface area contributed by atoms with E-state index < -0.39 is 0 Å². The molecule has 0 aromatic carbocycles. The van der Waals surface area contributed by atoms with E-state index in [4.69, 9.17) is 9.47 Å². The van der Waals surface area contributed by atoms with Gasteiger partial charge < -0.3 is 14.8 Å². The van der Waals surface area contributed by atoms with Crippen LogP contribution in [0.5, 0.6) is 0 Å². The number of ether oxygens (including phenoxy) is 2. The van der Waals surface area contributed by atoms with Crippen LogP contribution in [0.2, 0.25) is 0 Å². The summed E-state index contributed by atoms with van der Waals surface area (Å²) in [5, 5.41) is 3.51. The van der Waals surface area contributed by atoms with Gasteiger partial charge in [0.05, 0.1) is 24.4 Å². The molecule has 2 aliphatic rings. The third-order valence-corrected chi connectivity index (χ3v) is 3.62. The van der Waals surface area contributed by atoms with Crippen LogP contribution >= 0.6 is 0 Å². The van der Waals surface area contributed by atoms with E-state index in [2.05, 4.69) is 19.2 Å². The largest absolute Gasteiger partial charge is 0.376 e. The monoisotopic (exact) mass is 227 g/mol. The topological polar surface area (TPSA) is 30.5 Å². The van der Waals surface area contributed by atoms with E-state index in [0.29, 0.717) is 6.10 Å². The summed E-state index contributed by atoms with van der Waals surface area (Å²) in [5.74, 6) is 0. The fraction of sp³-hybridized carbons (Fsp3) is 1.00. The lowest BCUT2D eigenvalue weighted by Crippen LogP contribution is -2.55. The van der Waals surface area contributed by atoms with Gasteiger partial charge in [-0.1, -0.05) is 19.3 Å². The van der Waals surface area contributed by atoms with E-state index in [9.17, 15) is 0 Å². The Morgan fingerprint density at radius 2 is 2.06 bits per heavy atom. The molecule has 2 fully saturated rings. The Morgan fingerprint density at radius 3 is 2.75 bits per heavy atom. The Kier molecular flexibility index (Phi) is 4.22. The molecular formula is C13H25NO2. The quantitative estimate of drug-likeness (QED) is 0.801. The molecule has 1 heterocycles. The van der Waals surface area contributed by atoms with Gasteiger partial charge in [0.1, 0.15) is 0 Å². The Morgan fingerprint density at radius 1 is 1.31 bits per heavy atom. The van der Waals surface area contributed by atoms with Gasteiger partial charge in [-0.2, -0.15) is 0 Å². The minimum atomic E-state index is 0.126. The van der Waals surface area contributed by atoms with Gasteiger partial charge >= 0.3 is 0 Å². The number of nitrogens with one attached hydrogen (secondary N) is 1. The fourth-order valence-electron chi connectivity index (χ4n) is 2.78. The van der Waals surface area contributed by atoms with Gasteiger partial charge in [0, 0.05) is 13.1 Å². The molecule has 2 rings (SSSR count). The number of morpholine rings is 1. The summed E-state index contributed by atoms with van der Waals surface area (Å²) >= 11 is 0. The maximum atomic E-state index is 6.28. The molecule has 1 saturated carbocycles. The van der Waals surface area contributed by atoms with E-state index in [1.54, 1.807) is 0 Å². The third kappa shape index (κ3) is 3.19. The zero-order chi connectivity index (χ0) is 11.4. The van der Waals surface area contributed by atoms with Crippen LogP contribution in [-0.2, 0) is 9.47 Å². The second kappa shape index (κ2) is 5.48. The minimum Gasteiger partial charge on any atom is -0.376 e. The minimum absolute atomic E-state index is 0.126. The Hall–Kier alpha value is -0.120. The van der Waals surface area contributed by atoms with Gasteiger partial charge in [-0.3, -0.25) is 0 Å². The molecule has 0 radical (unpaired) electrons. The van der Waals surface area contributed by atoms with Gasteiger partial charge in [0.15, 0.2) is 0 Å². The lowest BCUT2D eigenvalue weighted by Gasteiger charge is -2.44. The van der Waals surface area contributed by atoms with Crippen molar-refractivity contribution in [3.8, 4) is 0 Å². The van der Waals surface area contributed by atoms with Crippen molar-refractivity contribution in [1.82, 2.24) is 5.32 Å². The van der Waals surface area contributed by atoms with E-state index >= 15 is 0 Å². The van der Waals surface area contributed by atoms with E-state index in [1.165, 1.54) is 32.1 Å². The molecule has 1 atom stereocenters. The molecule has 1 N–H and O–H groups in total. The molecule has 0 aromatic rings. The van der Waals surface area contributed by atoms with Gasteiger partial charge in [0.25, 0.3) is 0 Å². The molecular weight excluding hydrogens is 202 g/mol. The lowest BCUT2D eigenvalue weighted by molar-refractivity contribution is -0.156. The summed E-state index contributed by atoms with van der Waals surface area (Å²) in [6, 6.07) is 0. The molecule has 1 unspecified atom stereocenters. The highest BCUT2D eigenvalue weighted by atomic mass is 16.6. The molecule has 16 heavy (non-hydrogen) atoms. The van der Waals surface area contributed by atoms with Crippen molar-refractivity contribution in [1.29, 1.82) is 0 Å². The van der Waals surface area contributed by atoms with E-state index in [-0.39, 0.29) is 11.7 Å². The van der Waals surface area contributed by atoms with Crippen molar-refractivity contribution in [2.75, 3.05) is 19.7 Å². The third-order valence-electron chi connectivity index (χ3n) is 3.62. The first kappa shape index (κ1) is 12.3. The molecule has 3 heteroatoms. The second-order valence-corrected chi connectivity index (χ2v) is 5.50. The highest BCUT2D eigenvalue weighted by Crippen LogP contribution is 2.33. The van der Waals surface area contributed by atoms with Crippen LogP contribution in [0.25, 0.3) is 0 Å². The van der Waals surface area contributed by atoms with Gasteiger partial charge in [-0.15, -0.1) is 0 Å². The van der Waals surface area contributed by atoms with Crippen LogP contribution in [0.1, 0.15) is 46.0 Å². The van der Waals surface area contributed by atoms with Crippen LogP contribution in [0, 0.1) is 0 Å². The molecule has 1 saturated heterocycles. The van der Waals surface area contributed by atoms with Crippen LogP contribution in [0.4, 0.5) is 0 Å². The molecule has 0 aromatic heterocycles. The number of hydrogen-bond acceptors (Lipinski definition) is 3. The highest BCUT2D eigenvalue weighted by Gasteiger charge is 2.38. The van der Waals surface area contributed by atoms with Gasteiger partial charge in [-0.05, 0) is 26.7 Å². The maximum absolute atomic E-state index is 6.28. The summed E-state index contributed by atoms with van der Waals surface area (Å²) in [5.41, 5.74) is 0.126. The first-order valence-electron chi connectivity index (χ1n) is 6.70. The van der Waals surface area contributed by atoms with Gasteiger partial charge in [-0.25, -0.2) is 0 Å². The molecule has 1 aliphatic heterocycles. The normalized spacial score (nSPS) is 29.8. The first-order valence-corrected chi connectivity index (χ1v) is 6.70. The average Bonchev–Trinajstić information content (AvgIpc) is 2.28. The van der Waals surface area contributed by atoms with Crippen LogP contribution in [0.3, 0.4) is 0 Å². The molecule has 0 bridgehead atoms. The number of rotatable bonds is 3. The molecule has 1 spiro atoms. The summed E-state index contributed by atoms with van der Waals surface area (Å²) in [6.45, 7) is 6.85. The van der Waals surface area contributed by atoms with Gasteiger partial charge in [0.2, 0.25) is 0 Å². The predicted molar refractivity (Wildman–Crippen MR) is 64.6 cm³/mol. The fourth-order valence-corrected chi connectivity index (χ4v) is 2.78. The summed E-state index contributed by atoms with van der Waals surface area (Å²) in [7, 11) is 0. The van der Waals surface area contributed by atoms with Crippen LogP contribution < -0.4 is 5.32 Å². The Balaban J connectivity index is 1.83. The Labute approximate surface area is 98.9 Å². The van der Waals surface area contributed by atoms with E-state index in [0.717, 1.165) is 19.7 Å². The summed E-state index contributed by atoms with van der Waals surface area (Å²) in [6.07, 6.45) is 7.00. The zero-order valence-electron chi connectivity index (χ0n) is 10.6. The van der Waals surface area contributed by atoms with Crippen molar-refractivity contribution in [2.24, 2.45) is 0 Å². The van der Waals surface area contributed by atoms with Crippen molar-refractivity contribution in [3.63, 3.8) is 0 Å².